The number of pyridine rings is 1. The van der Waals surface area contributed by atoms with Crippen LogP contribution < -0.4 is 5.32 Å². The molecule has 0 aromatic carbocycles. The number of nitrogens with zero attached hydrogens (tertiary/aromatic N) is 1. The SMILES string of the molecule is O=C(NC1CCC(CO)CC1)c1ccc(Cl)nc1Cl. The molecule has 0 aliphatic heterocycles. The van der Waals surface area contributed by atoms with E-state index in [-0.39, 0.29) is 28.9 Å². The molecule has 1 aromatic heterocycles. The standard InChI is InChI=1S/C13H16Cl2N2O2/c14-11-6-5-10(12(15)17-11)13(19)16-9-3-1-8(7-18)2-4-9/h5-6,8-9,18H,1-4,7H2,(H,16,19). The number of carbonyl (C=O) groups is 1. The molecule has 1 aliphatic rings. The van der Waals surface area contributed by atoms with Crippen molar-refractivity contribution in [2.75, 3.05) is 6.61 Å². The number of rotatable bonds is 3. The van der Waals surface area contributed by atoms with Crippen LogP contribution in [0.5, 0.6) is 0 Å². The van der Waals surface area contributed by atoms with Gasteiger partial charge in [0.05, 0.1) is 5.56 Å². The summed E-state index contributed by atoms with van der Waals surface area (Å²) in [7, 11) is 0. The average Bonchev–Trinajstić information content (AvgIpc) is 2.39. The molecule has 19 heavy (non-hydrogen) atoms. The number of aliphatic hydroxyl groups excluding tert-OH is 1. The minimum atomic E-state index is -0.221. The zero-order valence-corrected chi connectivity index (χ0v) is 11.9. The summed E-state index contributed by atoms with van der Waals surface area (Å²) >= 11 is 11.6. The fourth-order valence-corrected chi connectivity index (χ4v) is 2.76. The van der Waals surface area contributed by atoms with Crippen LogP contribution in [-0.2, 0) is 0 Å². The van der Waals surface area contributed by atoms with Crippen LogP contribution in [0.4, 0.5) is 0 Å². The zero-order chi connectivity index (χ0) is 13.8. The lowest BCUT2D eigenvalue weighted by atomic mass is 9.86. The average molecular weight is 303 g/mol. The molecule has 2 N–H and O–H groups in total. The fraction of sp³-hybridized carbons (Fsp3) is 0.538. The molecule has 1 heterocycles. The van der Waals surface area contributed by atoms with Crippen molar-refractivity contribution in [2.24, 2.45) is 5.92 Å². The van der Waals surface area contributed by atoms with Gasteiger partial charge in [0, 0.05) is 12.6 Å². The van der Waals surface area contributed by atoms with Crippen molar-refractivity contribution in [1.29, 1.82) is 0 Å². The number of hydrogen-bond acceptors (Lipinski definition) is 3. The highest BCUT2D eigenvalue weighted by Gasteiger charge is 2.23. The van der Waals surface area contributed by atoms with Crippen molar-refractivity contribution in [3.8, 4) is 0 Å². The van der Waals surface area contributed by atoms with E-state index in [1.807, 2.05) is 0 Å². The number of hydrogen-bond donors (Lipinski definition) is 2. The van der Waals surface area contributed by atoms with Gasteiger partial charge in [-0.2, -0.15) is 0 Å². The number of halogens is 2. The van der Waals surface area contributed by atoms with Gasteiger partial charge in [0.2, 0.25) is 0 Å². The van der Waals surface area contributed by atoms with Crippen LogP contribution in [0.2, 0.25) is 10.3 Å². The highest BCUT2D eigenvalue weighted by atomic mass is 35.5. The number of nitrogens with one attached hydrogen (secondary N) is 1. The maximum Gasteiger partial charge on any atom is 0.254 e. The maximum atomic E-state index is 12.1. The summed E-state index contributed by atoms with van der Waals surface area (Å²) < 4.78 is 0. The molecule has 1 saturated carbocycles. The van der Waals surface area contributed by atoms with Crippen LogP contribution >= 0.6 is 23.2 Å². The Bertz CT molecular complexity index is 460. The van der Waals surface area contributed by atoms with Crippen LogP contribution in [0.3, 0.4) is 0 Å². The largest absolute Gasteiger partial charge is 0.396 e. The summed E-state index contributed by atoms with van der Waals surface area (Å²) in [5.41, 5.74) is 0.343. The molecule has 1 fully saturated rings. The third-order valence-corrected chi connectivity index (χ3v) is 4.00. The Morgan fingerprint density at radius 2 is 2.00 bits per heavy atom. The molecule has 0 atom stereocenters. The quantitative estimate of drug-likeness (QED) is 0.844. The molecule has 1 aliphatic carbocycles. The Kier molecular flexibility index (Phi) is 5.02. The molecule has 1 amide bonds. The second kappa shape index (κ2) is 6.55. The lowest BCUT2D eigenvalue weighted by Crippen LogP contribution is -2.38. The molecule has 0 spiro atoms. The maximum absolute atomic E-state index is 12.1. The number of aromatic nitrogens is 1. The van der Waals surface area contributed by atoms with Gasteiger partial charge in [-0.1, -0.05) is 23.2 Å². The second-order valence-corrected chi connectivity index (χ2v) is 5.59. The van der Waals surface area contributed by atoms with Crippen molar-refractivity contribution in [3.05, 3.63) is 28.0 Å². The van der Waals surface area contributed by atoms with Crippen LogP contribution in [-0.4, -0.2) is 28.6 Å². The van der Waals surface area contributed by atoms with E-state index in [2.05, 4.69) is 10.3 Å². The smallest absolute Gasteiger partial charge is 0.254 e. The number of carbonyl (C=O) groups excluding carboxylic acids is 1. The Morgan fingerprint density at radius 1 is 1.32 bits per heavy atom. The summed E-state index contributed by atoms with van der Waals surface area (Å²) in [5.74, 6) is 0.149. The van der Waals surface area contributed by atoms with Crippen LogP contribution in [0, 0.1) is 5.92 Å². The minimum Gasteiger partial charge on any atom is -0.396 e. The highest BCUT2D eigenvalue weighted by Crippen LogP contribution is 2.24. The first-order valence-corrected chi connectivity index (χ1v) is 7.09. The van der Waals surface area contributed by atoms with Crippen molar-refractivity contribution < 1.29 is 9.90 Å². The van der Waals surface area contributed by atoms with Gasteiger partial charge in [-0.25, -0.2) is 4.98 Å². The third kappa shape index (κ3) is 3.81. The molecule has 0 unspecified atom stereocenters. The van der Waals surface area contributed by atoms with Gasteiger partial charge in [-0.3, -0.25) is 4.79 Å². The van der Waals surface area contributed by atoms with Gasteiger partial charge in [0.1, 0.15) is 10.3 Å². The van der Waals surface area contributed by atoms with Gasteiger partial charge >= 0.3 is 0 Å². The van der Waals surface area contributed by atoms with E-state index in [4.69, 9.17) is 28.3 Å². The van der Waals surface area contributed by atoms with E-state index >= 15 is 0 Å². The van der Waals surface area contributed by atoms with Crippen molar-refractivity contribution in [1.82, 2.24) is 10.3 Å². The lowest BCUT2D eigenvalue weighted by molar-refractivity contribution is 0.0914. The Hall–Kier alpha value is -0.840. The van der Waals surface area contributed by atoms with Crippen molar-refractivity contribution in [3.63, 3.8) is 0 Å². The Labute approximate surface area is 122 Å². The van der Waals surface area contributed by atoms with Crippen molar-refractivity contribution in [2.45, 2.75) is 31.7 Å². The zero-order valence-electron chi connectivity index (χ0n) is 10.4. The fourth-order valence-electron chi connectivity index (χ4n) is 2.33. The van der Waals surface area contributed by atoms with Crippen LogP contribution in [0.1, 0.15) is 36.0 Å². The number of aliphatic hydroxyl groups is 1. The predicted molar refractivity (Wildman–Crippen MR) is 74.6 cm³/mol. The topological polar surface area (TPSA) is 62.2 Å². The predicted octanol–water partition coefficient (Wildman–Crippen LogP) is 2.67. The van der Waals surface area contributed by atoms with Gasteiger partial charge in [-0.15, -0.1) is 0 Å². The first-order chi connectivity index (χ1) is 9.10. The monoisotopic (exact) mass is 302 g/mol. The van der Waals surface area contributed by atoms with Gasteiger partial charge in [0.15, 0.2) is 0 Å². The van der Waals surface area contributed by atoms with Crippen LogP contribution in [0.25, 0.3) is 0 Å². The molecule has 104 valence electrons. The highest BCUT2D eigenvalue weighted by molar-refractivity contribution is 6.34. The van der Waals surface area contributed by atoms with Crippen LogP contribution in [0.15, 0.2) is 12.1 Å². The van der Waals surface area contributed by atoms with Crippen molar-refractivity contribution >= 4 is 29.1 Å². The summed E-state index contributed by atoms with van der Waals surface area (Å²) in [6, 6.07) is 3.26. The molecule has 4 nitrogen and oxygen atoms in total. The lowest BCUT2D eigenvalue weighted by Gasteiger charge is -2.28. The first-order valence-electron chi connectivity index (χ1n) is 6.34. The molecular weight excluding hydrogens is 287 g/mol. The second-order valence-electron chi connectivity index (χ2n) is 4.85. The Balaban J connectivity index is 1.94. The van der Waals surface area contributed by atoms with E-state index in [1.54, 1.807) is 12.1 Å². The third-order valence-electron chi connectivity index (χ3n) is 3.50. The molecule has 2 rings (SSSR count). The van der Waals surface area contributed by atoms with Gasteiger partial charge < -0.3 is 10.4 Å². The summed E-state index contributed by atoms with van der Waals surface area (Å²) in [6.07, 6.45) is 3.65. The summed E-state index contributed by atoms with van der Waals surface area (Å²) in [5, 5.41) is 12.4. The molecule has 6 heteroatoms. The normalized spacial score (nSPS) is 23.1. The minimum absolute atomic E-state index is 0.119. The van der Waals surface area contributed by atoms with Gasteiger partial charge in [-0.05, 0) is 43.7 Å². The Morgan fingerprint density at radius 3 is 2.58 bits per heavy atom. The van der Waals surface area contributed by atoms with E-state index in [0.29, 0.717) is 11.5 Å². The molecule has 1 aromatic rings. The first kappa shape index (κ1) is 14.6. The summed E-state index contributed by atoms with van der Waals surface area (Å²) in [6.45, 7) is 0.230. The van der Waals surface area contributed by atoms with E-state index in [9.17, 15) is 4.79 Å². The van der Waals surface area contributed by atoms with E-state index in [1.165, 1.54) is 0 Å². The molecule has 0 bridgehead atoms. The summed E-state index contributed by atoms with van der Waals surface area (Å²) in [4.78, 5) is 15.9. The molecule has 0 saturated heterocycles. The molecule has 0 radical (unpaired) electrons. The van der Waals surface area contributed by atoms with Gasteiger partial charge in [0.25, 0.3) is 5.91 Å². The molecular formula is C13H16Cl2N2O2. The van der Waals surface area contributed by atoms with E-state index < -0.39 is 0 Å². The van der Waals surface area contributed by atoms with E-state index in [0.717, 1.165) is 25.7 Å². The number of amides is 1.